The Morgan fingerprint density at radius 2 is 1.83 bits per heavy atom. The van der Waals surface area contributed by atoms with Crippen LogP contribution >= 0.6 is 23.2 Å². The van der Waals surface area contributed by atoms with Crippen molar-refractivity contribution in [1.82, 2.24) is 10.3 Å². The van der Waals surface area contributed by atoms with Gasteiger partial charge in [0.05, 0.1) is 16.6 Å². The highest BCUT2D eigenvalue weighted by molar-refractivity contribution is 6.41. The first kappa shape index (κ1) is 17.8. The molecule has 5 heteroatoms. The molecule has 0 aliphatic heterocycles. The summed E-state index contributed by atoms with van der Waals surface area (Å²) in [6.45, 7) is 6.34. The molecule has 122 valence electrons. The van der Waals surface area contributed by atoms with Crippen molar-refractivity contribution in [3.05, 3.63) is 63.4 Å². The summed E-state index contributed by atoms with van der Waals surface area (Å²) in [5.41, 5.74) is 2.75. The average molecular weight is 351 g/mol. The zero-order valence-electron chi connectivity index (χ0n) is 13.4. The van der Waals surface area contributed by atoms with E-state index in [9.17, 15) is 4.79 Å². The van der Waals surface area contributed by atoms with E-state index in [1.165, 1.54) is 17.8 Å². The maximum Gasteiger partial charge on any atom is 0.253 e. The van der Waals surface area contributed by atoms with Gasteiger partial charge < -0.3 is 5.32 Å². The minimum atomic E-state index is -0.227. The normalized spacial score (nSPS) is 12.3. The fourth-order valence-corrected chi connectivity index (χ4v) is 2.59. The topological polar surface area (TPSA) is 42.0 Å². The van der Waals surface area contributed by atoms with Gasteiger partial charge in [-0.15, -0.1) is 0 Å². The number of hydrogen-bond donors (Lipinski definition) is 1. The van der Waals surface area contributed by atoms with E-state index in [4.69, 9.17) is 23.2 Å². The number of hydrogen-bond acceptors (Lipinski definition) is 2. The first-order valence-corrected chi connectivity index (χ1v) is 8.33. The molecule has 0 aliphatic carbocycles. The Hall–Kier alpha value is -1.58. The second-order valence-electron chi connectivity index (χ2n) is 6.03. The van der Waals surface area contributed by atoms with Crippen molar-refractivity contribution in [3.8, 4) is 0 Å². The van der Waals surface area contributed by atoms with Crippen LogP contribution in [0.15, 0.2) is 36.5 Å². The quantitative estimate of drug-likeness (QED) is 0.764. The van der Waals surface area contributed by atoms with Gasteiger partial charge in [-0.2, -0.15) is 0 Å². The molecule has 3 nitrogen and oxygen atoms in total. The van der Waals surface area contributed by atoms with Crippen LogP contribution in [-0.4, -0.2) is 10.9 Å². The fourth-order valence-electron chi connectivity index (χ4n) is 2.32. The van der Waals surface area contributed by atoms with Gasteiger partial charge in [-0.3, -0.25) is 4.79 Å². The number of benzene rings is 1. The molecule has 0 radical (unpaired) electrons. The summed E-state index contributed by atoms with van der Waals surface area (Å²) in [4.78, 5) is 16.1. The van der Waals surface area contributed by atoms with Gasteiger partial charge in [-0.1, -0.05) is 61.3 Å². The standard InChI is InChI=1S/C18H20Cl2N2O/c1-11(2)8-13-4-6-14(7-5-13)12(3)22-18(23)15-9-16(19)17(20)21-10-15/h4-7,9-12H,8H2,1-3H3,(H,22,23). The zero-order valence-corrected chi connectivity index (χ0v) is 14.9. The van der Waals surface area contributed by atoms with Crippen LogP contribution in [0.5, 0.6) is 0 Å². The van der Waals surface area contributed by atoms with Crippen LogP contribution < -0.4 is 5.32 Å². The first-order chi connectivity index (χ1) is 10.9. The van der Waals surface area contributed by atoms with Gasteiger partial charge in [-0.25, -0.2) is 4.98 Å². The molecule has 23 heavy (non-hydrogen) atoms. The van der Waals surface area contributed by atoms with Crippen LogP contribution in [0.25, 0.3) is 0 Å². The van der Waals surface area contributed by atoms with Gasteiger partial charge in [0.1, 0.15) is 5.15 Å². The summed E-state index contributed by atoms with van der Waals surface area (Å²) >= 11 is 11.7. The average Bonchev–Trinajstić information content (AvgIpc) is 2.50. The number of carbonyl (C=O) groups excluding carboxylic acids is 1. The Labute approximate surface area is 147 Å². The van der Waals surface area contributed by atoms with Gasteiger partial charge in [-0.05, 0) is 36.5 Å². The number of carbonyl (C=O) groups is 1. The number of halogens is 2. The second kappa shape index (κ2) is 7.80. The number of aromatic nitrogens is 1. The van der Waals surface area contributed by atoms with E-state index in [0.717, 1.165) is 12.0 Å². The number of rotatable bonds is 5. The number of nitrogens with zero attached hydrogens (tertiary/aromatic N) is 1. The van der Waals surface area contributed by atoms with Crippen LogP contribution in [0.2, 0.25) is 10.2 Å². The highest BCUT2D eigenvalue weighted by atomic mass is 35.5. The Morgan fingerprint density at radius 3 is 2.39 bits per heavy atom. The maximum absolute atomic E-state index is 12.3. The van der Waals surface area contributed by atoms with Crippen molar-refractivity contribution in [1.29, 1.82) is 0 Å². The van der Waals surface area contributed by atoms with Gasteiger partial charge in [0.2, 0.25) is 0 Å². The van der Waals surface area contributed by atoms with Crippen LogP contribution in [0.1, 0.15) is 48.3 Å². The van der Waals surface area contributed by atoms with Crippen molar-refractivity contribution < 1.29 is 4.79 Å². The van der Waals surface area contributed by atoms with E-state index >= 15 is 0 Å². The Kier molecular flexibility index (Phi) is 6.03. The monoisotopic (exact) mass is 350 g/mol. The first-order valence-electron chi connectivity index (χ1n) is 7.57. The van der Waals surface area contributed by atoms with Crippen molar-refractivity contribution in [3.63, 3.8) is 0 Å². The number of pyridine rings is 1. The molecule has 1 unspecified atom stereocenters. The lowest BCUT2D eigenvalue weighted by Crippen LogP contribution is -2.26. The highest BCUT2D eigenvalue weighted by Gasteiger charge is 2.13. The van der Waals surface area contributed by atoms with Crippen LogP contribution in [-0.2, 0) is 6.42 Å². The number of amides is 1. The summed E-state index contributed by atoms with van der Waals surface area (Å²) in [7, 11) is 0. The molecule has 0 saturated heterocycles. The molecule has 1 heterocycles. The largest absolute Gasteiger partial charge is 0.345 e. The smallest absolute Gasteiger partial charge is 0.253 e. The van der Waals surface area contributed by atoms with Gasteiger partial charge in [0.15, 0.2) is 0 Å². The van der Waals surface area contributed by atoms with Crippen molar-refractivity contribution in [2.45, 2.75) is 33.2 Å². The van der Waals surface area contributed by atoms with E-state index in [1.54, 1.807) is 0 Å². The van der Waals surface area contributed by atoms with E-state index in [1.807, 2.05) is 6.92 Å². The molecule has 0 fully saturated rings. The lowest BCUT2D eigenvalue weighted by atomic mass is 10.00. The van der Waals surface area contributed by atoms with Crippen LogP contribution in [0.4, 0.5) is 0 Å². The summed E-state index contributed by atoms with van der Waals surface area (Å²) in [5, 5.41) is 3.40. The highest BCUT2D eigenvalue weighted by Crippen LogP contribution is 2.21. The molecule has 1 N–H and O–H groups in total. The molecule has 1 amide bonds. The van der Waals surface area contributed by atoms with Gasteiger partial charge in [0.25, 0.3) is 5.91 Å². The molecule has 2 rings (SSSR count). The third-order valence-corrected chi connectivity index (χ3v) is 4.22. The Bertz CT molecular complexity index is 684. The molecular formula is C18H20Cl2N2O. The summed E-state index contributed by atoms with van der Waals surface area (Å²) < 4.78 is 0. The van der Waals surface area contributed by atoms with Crippen LogP contribution in [0, 0.1) is 5.92 Å². The van der Waals surface area contributed by atoms with Crippen molar-refractivity contribution in [2.24, 2.45) is 5.92 Å². The lowest BCUT2D eigenvalue weighted by Gasteiger charge is -2.15. The van der Waals surface area contributed by atoms with E-state index in [0.29, 0.717) is 11.5 Å². The van der Waals surface area contributed by atoms with E-state index in [-0.39, 0.29) is 22.1 Å². The predicted octanol–water partition coefficient (Wildman–Crippen LogP) is 5.08. The van der Waals surface area contributed by atoms with E-state index in [2.05, 4.69) is 48.4 Å². The summed E-state index contributed by atoms with van der Waals surface area (Å²) in [5.74, 6) is 0.398. The molecule has 2 aromatic rings. The Balaban J connectivity index is 2.04. The fraction of sp³-hybridized carbons (Fsp3) is 0.333. The molecular weight excluding hydrogens is 331 g/mol. The second-order valence-corrected chi connectivity index (χ2v) is 6.80. The van der Waals surface area contributed by atoms with Gasteiger partial charge in [0, 0.05) is 6.20 Å². The number of nitrogens with one attached hydrogen (secondary N) is 1. The van der Waals surface area contributed by atoms with Crippen molar-refractivity contribution >= 4 is 29.1 Å². The Morgan fingerprint density at radius 1 is 1.17 bits per heavy atom. The SMILES string of the molecule is CC(C)Cc1ccc(C(C)NC(=O)c2cnc(Cl)c(Cl)c2)cc1. The third kappa shape index (κ3) is 4.95. The summed E-state index contributed by atoms with van der Waals surface area (Å²) in [6.07, 6.45) is 2.47. The minimum Gasteiger partial charge on any atom is -0.345 e. The molecule has 1 aromatic carbocycles. The molecule has 0 aliphatic rings. The molecule has 0 spiro atoms. The molecule has 1 atom stereocenters. The predicted molar refractivity (Wildman–Crippen MR) is 95.1 cm³/mol. The van der Waals surface area contributed by atoms with Gasteiger partial charge >= 0.3 is 0 Å². The molecule has 0 saturated carbocycles. The van der Waals surface area contributed by atoms with Crippen molar-refractivity contribution in [2.75, 3.05) is 0 Å². The molecule has 0 bridgehead atoms. The third-order valence-electron chi connectivity index (χ3n) is 3.53. The molecule has 1 aromatic heterocycles. The summed E-state index contributed by atoms with van der Waals surface area (Å²) in [6, 6.07) is 9.73. The maximum atomic E-state index is 12.3. The lowest BCUT2D eigenvalue weighted by molar-refractivity contribution is 0.0939. The van der Waals surface area contributed by atoms with Crippen LogP contribution in [0.3, 0.4) is 0 Å². The zero-order chi connectivity index (χ0) is 17.0. The van der Waals surface area contributed by atoms with E-state index < -0.39 is 0 Å². The minimum absolute atomic E-state index is 0.106.